The molecule has 1 saturated heterocycles. The summed E-state index contributed by atoms with van der Waals surface area (Å²) in [6.45, 7) is 2.95. The lowest BCUT2D eigenvalue weighted by Crippen LogP contribution is -2.30. The van der Waals surface area contributed by atoms with Gasteiger partial charge in [-0.15, -0.1) is 0 Å². The smallest absolute Gasteiger partial charge is 0.266 e. The van der Waals surface area contributed by atoms with Crippen LogP contribution in [-0.4, -0.2) is 29.8 Å². The summed E-state index contributed by atoms with van der Waals surface area (Å²) in [5, 5.41) is 4.17. The van der Waals surface area contributed by atoms with Gasteiger partial charge in [-0.3, -0.25) is 0 Å². The molecule has 5 nitrogen and oxygen atoms in total. The lowest BCUT2D eigenvalue weighted by Gasteiger charge is -2.25. The Morgan fingerprint density at radius 1 is 1.11 bits per heavy atom. The third-order valence-corrected chi connectivity index (χ3v) is 4.60. The van der Waals surface area contributed by atoms with Crippen LogP contribution in [0.1, 0.15) is 56.8 Å². The molecule has 0 aromatic carbocycles. The minimum atomic E-state index is 0.453. The Balaban J connectivity index is 1.61. The van der Waals surface area contributed by atoms with Crippen molar-refractivity contribution in [1.82, 2.24) is 10.1 Å². The van der Waals surface area contributed by atoms with E-state index >= 15 is 0 Å². The van der Waals surface area contributed by atoms with Crippen LogP contribution in [0.2, 0.25) is 0 Å². The number of aromatic nitrogens is 2. The molecule has 2 heterocycles. The van der Waals surface area contributed by atoms with Crippen molar-refractivity contribution in [1.29, 1.82) is 0 Å². The van der Waals surface area contributed by atoms with E-state index in [0.29, 0.717) is 11.8 Å². The van der Waals surface area contributed by atoms with E-state index in [2.05, 4.69) is 15.0 Å². The van der Waals surface area contributed by atoms with Crippen molar-refractivity contribution in [3.05, 3.63) is 5.89 Å². The van der Waals surface area contributed by atoms with Crippen molar-refractivity contribution in [3.8, 4) is 0 Å². The molecule has 1 aliphatic carbocycles. The van der Waals surface area contributed by atoms with E-state index in [1.807, 2.05) is 0 Å². The SMILES string of the molecule is NCC1CCC(c2nc(N3CCCCC3)no2)CC1. The van der Waals surface area contributed by atoms with Gasteiger partial charge in [-0.2, -0.15) is 4.98 Å². The molecule has 19 heavy (non-hydrogen) atoms. The first-order valence-corrected chi connectivity index (χ1v) is 7.65. The van der Waals surface area contributed by atoms with E-state index in [1.54, 1.807) is 0 Å². The molecule has 0 spiro atoms. The van der Waals surface area contributed by atoms with Crippen molar-refractivity contribution in [2.75, 3.05) is 24.5 Å². The fourth-order valence-corrected chi connectivity index (χ4v) is 3.26. The second-order valence-electron chi connectivity index (χ2n) is 5.93. The Hall–Kier alpha value is -1.10. The number of piperidine rings is 1. The summed E-state index contributed by atoms with van der Waals surface area (Å²) in [6.07, 6.45) is 8.49. The molecule has 1 aromatic heterocycles. The topological polar surface area (TPSA) is 68.2 Å². The zero-order chi connectivity index (χ0) is 13.1. The summed E-state index contributed by atoms with van der Waals surface area (Å²) in [7, 11) is 0. The largest absolute Gasteiger partial charge is 0.338 e. The van der Waals surface area contributed by atoms with Gasteiger partial charge in [0.2, 0.25) is 5.89 Å². The highest BCUT2D eigenvalue weighted by atomic mass is 16.5. The van der Waals surface area contributed by atoms with Gasteiger partial charge in [0.1, 0.15) is 0 Å². The second-order valence-corrected chi connectivity index (χ2v) is 5.93. The van der Waals surface area contributed by atoms with Crippen LogP contribution in [0.15, 0.2) is 4.52 Å². The molecule has 3 rings (SSSR count). The Labute approximate surface area is 114 Å². The van der Waals surface area contributed by atoms with Crippen LogP contribution in [-0.2, 0) is 0 Å². The minimum absolute atomic E-state index is 0.453. The van der Waals surface area contributed by atoms with Crippen molar-refractivity contribution >= 4 is 5.95 Å². The lowest BCUT2D eigenvalue weighted by atomic mass is 9.82. The molecule has 2 fully saturated rings. The van der Waals surface area contributed by atoms with Crippen LogP contribution in [0.4, 0.5) is 5.95 Å². The molecule has 2 aliphatic rings. The van der Waals surface area contributed by atoms with Gasteiger partial charge in [0.25, 0.3) is 5.95 Å². The van der Waals surface area contributed by atoms with Gasteiger partial charge in [-0.25, -0.2) is 0 Å². The van der Waals surface area contributed by atoms with Crippen LogP contribution in [0.5, 0.6) is 0 Å². The molecule has 0 unspecified atom stereocenters. The predicted octanol–water partition coefficient (Wildman–Crippen LogP) is 2.29. The summed E-state index contributed by atoms with van der Waals surface area (Å²) in [5.74, 6) is 2.79. The fraction of sp³-hybridized carbons (Fsp3) is 0.857. The van der Waals surface area contributed by atoms with Gasteiger partial charge in [-0.05, 0) is 62.6 Å². The zero-order valence-corrected chi connectivity index (χ0v) is 11.6. The predicted molar refractivity (Wildman–Crippen MR) is 74.1 cm³/mol. The Kier molecular flexibility index (Phi) is 4.01. The zero-order valence-electron chi connectivity index (χ0n) is 11.6. The first kappa shape index (κ1) is 12.9. The average Bonchev–Trinajstić information content (AvgIpc) is 2.98. The van der Waals surface area contributed by atoms with E-state index in [1.165, 1.54) is 32.1 Å². The number of rotatable bonds is 3. The molecule has 106 valence electrons. The number of hydrogen-bond acceptors (Lipinski definition) is 5. The highest BCUT2D eigenvalue weighted by Crippen LogP contribution is 2.35. The summed E-state index contributed by atoms with van der Waals surface area (Å²) < 4.78 is 5.49. The van der Waals surface area contributed by atoms with Crippen molar-refractivity contribution < 1.29 is 4.52 Å². The quantitative estimate of drug-likeness (QED) is 0.907. The standard InChI is InChI=1S/C14H24N4O/c15-10-11-4-6-12(7-5-11)13-16-14(17-19-13)18-8-2-1-3-9-18/h11-12H,1-10,15H2. The number of nitrogens with zero attached hydrogens (tertiary/aromatic N) is 3. The highest BCUT2D eigenvalue weighted by molar-refractivity contribution is 5.28. The lowest BCUT2D eigenvalue weighted by molar-refractivity contribution is 0.274. The van der Waals surface area contributed by atoms with Gasteiger partial charge in [0.05, 0.1) is 0 Å². The van der Waals surface area contributed by atoms with E-state index < -0.39 is 0 Å². The van der Waals surface area contributed by atoms with Crippen LogP contribution in [0.3, 0.4) is 0 Å². The third-order valence-electron chi connectivity index (χ3n) is 4.60. The van der Waals surface area contributed by atoms with Crippen molar-refractivity contribution in [2.45, 2.75) is 50.9 Å². The summed E-state index contributed by atoms with van der Waals surface area (Å²) >= 11 is 0. The van der Waals surface area contributed by atoms with Gasteiger partial charge >= 0.3 is 0 Å². The molecule has 1 aromatic rings. The fourth-order valence-electron chi connectivity index (χ4n) is 3.26. The average molecular weight is 264 g/mol. The summed E-state index contributed by atoms with van der Waals surface area (Å²) in [6, 6.07) is 0. The first-order chi connectivity index (χ1) is 9.36. The molecule has 0 amide bonds. The number of hydrogen-bond donors (Lipinski definition) is 1. The van der Waals surface area contributed by atoms with E-state index in [0.717, 1.165) is 44.3 Å². The van der Waals surface area contributed by atoms with E-state index in [4.69, 9.17) is 10.3 Å². The third kappa shape index (κ3) is 2.91. The van der Waals surface area contributed by atoms with Gasteiger partial charge in [-0.1, -0.05) is 0 Å². The maximum Gasteiger partial charge on any atom is 0.266 e. The molecule has 5 heteroatoms. The van der Waals surface area contributed by atoms with E-state index in [9.17, 15) is 0 Å². The van der Waals surface area contributed by atoms with Gasteiger partial charge < -0.3 is 15.2 Å². The molecule has 0 radical (unpaired) electrons. The van der Waals surface area contributed by atoms with E-state index in [-0.39, 0.29) is 0 Å². The Morgan fingerprint density at radius 2 is 1.84 bits per heavy atom. The second kappa shape index (κ2) is 5.90. The molecule has 0 bridgehead atoms. The Morgan fingerprint density at radius 3 is 2.53 bits per heavy atom. The van der Waals surface area contributed by atoms with Gasteiger partial charge in [0.15, 0.2) is 0 Å². The monoisotopic (exact) mass is 264 g/mol. The maximum absolute atomic E-state index is 5.73. The molecule has 1 saturated carbocycles. The van der Waals surface area contributed by atoms with Crippen LogP contribution < -0.4 is 10.6 Å². The summed E-state index contributed by atoms with van der Waals surface area (Å²) in [5.41, 5.74) is 5.73. The van der Waals surface area contributed by atoms with Gasteiger partial charge in [0, 0.05) is 19.0 Å². The number of anilines is 1. The Bertz CT molecular complexity index is 392. The van der Waals surface area contributed by atoms with Crippen LogP contribution in [0.25, 0.3) is 0 Å². The van der Waals surface area contributed by atoms with Crippen molar-refractivity contribution in [3.63, 3.8) is 0 Å². The molecule has 1 aliphatic heterocycles. The summed E-state index contributed by atoms with van der Waals surface area (Å²) in [4.78, 5) is 6.88. The minimum Gasteiger partial charge on any atom is -0.338 e. The number of nitrogens with two attached hydrogens (primary N) is 1. The normalized spacial score (nSPS) is 28.6. The first-order valence-electron chi connectivity index (χ1n) is 7.65. The van der Waals surface area contributed by atoms with Crippen molar-refractivity contribution in [2.24, 2.45) is 11.7 Å². The molecule has 2 N–H and O–H groups in total. The molecular weight excluding hydrogens is 240 g/mol. The maximum atomic E-state index is 5.73. The van der Waals surface area contributed by atoms with Crippen LogP contribution in [0, 0.1) is 5.92 Å². The van der Waals surface area contributed by atoms with Crippen LogP contribution >= 0.6 is 0 Å². The highest BCUT2D eigenvalue weighted by Gasteiger charge is 2.27. The molecular formula is C14H24N4O. The molecule has 0 atom stereocenters.